The van der Waals surface area contributed by atoms with Crippen molar-refractivity contribution in [1.82, 2.24) is 0 Å². The van der Waals surface area contributed by atoms with Crippen LogP contribution in [0.4, 0.5) is 0 Å². The van der Waals surface area contributed by atoms with Crippen LogP contribution in [0.1, 0.15) is 26.7 Å². The molecule has 0 bridgehead atoms. The molecule has 0 spiro atoms. The number of carbonyl (C=O) groups is 1. The second-order valence-electron chi connectivity index (χ2n) is 2.77. The van der Waals surface area contributed by atoms with Gasteiger partial charge < -0.3 is 10.8 Å². The van der Waals surface area contributed by atoms with Crippen LogP contribution in [0, 0.1) is 5.92 Å². The second kappa shape index (κ2) is 4.28. The van der Waals surface area contributed by atoms with Gasteiger partial charge in [-0.25, -0.2) is 0 Å². The first-order valence-electron chi connectivity index (χ1n) is 3.51. The maximum atomic E-state index is 10.1. The van der Waals surface area contributed by atoms with Crippen molar-refractivity contribution < 1.29 is 9.90 Å². The van der Waals surface area contributed by atoms with Crippen molar-refractivity contribution in [3.8, 4) is 0 Å². The molecule has 0 aromatic heterocycles. The minimum Gasteiger partial charge on any atom is -0.481 e. The Bertz CT molecular complexity index is 112. The van der Waals surface area contributed by atoms with Gasteiger partial charge in [-0.2, -0.15) is 0 Å². The summed E-state index contributed by atoms with van der Waals surface area (Å²) < 4.78 is 0. The molecule has 0 aromatic carbocycles. The topological polar surface area (TPSA) is 63.3 Å². The molecule has 2 atom stereocenters. The lowest BCUT2D eigenvalue weighted by Gasteiger charge is -2.13. The van der Waals surface area contributed by atoms with Crippen molar-refractivity contribution >= 4 is 5.97 Å². The molecule has 0 aromatic rings. The standard InChI is InChI=1S/C7H15NO2/c1-5(6(2)8)3-4-7(9)10/h5-6H,3-4,8H2,1-2H3,(H,9,10). The monoisotopic (exact) mass is 145 g/mol. The molecule has 0 saturated heterocycles. The molecule has 0 amide bonds. The highest BCUT2D eigenvalue weighted by Gasteiger charge is 2.08. The Labute approximate surface area is 61.2 Å². The number of hydrogen-bond acceptors (Lipinski definition) is 2. The summed E-state index contributed by atoms with van der Waals surface area (Å²) in [5.41, 5.74) is 5.53. The minimum atomic E-state index is -0.743. The van der Waals surface area contributed by atoms with E-state index in [2.05, 4.69) is 0 Å². The molecule has 3 nitrogen and oxygen atoms in total. The molecule has 3 N–H and O–H groups in total. The molecule has 0 aliphatic heterocycles. The zero-order valence-corrected chi connectivity index (χ0v) is 6.50. The number of nitrogens with two attached hydrogens (primary N) is 1. The smallest absolute Gasteiger partial charge is 0.303 e. The molecule has 0 rings (SSSR count). The summed E-state index contributed by atoms with van der Waals surface area (Å²) >= 11 is 0. The number of aliphatic carboxylic acids is 1. The fraction of sp³-hybridized carbons (Fsp3) is 0.857. The van der Waals surface area contributed by atoms with Gasteiger partial charge in [0.15, 0.2) is 0 Å². The van der Waals surface area contributed by atoms with E-state index in [1.165, 1.54) is 0 Å². The van der Waals surface area contributed by atoms with E-state index in [1.807, 2.05) is 13.8 Å². The zero-order valence-electron chi connectivity index (χ0n) is 6.50. The highest BCUT2D eigenvalue weighted by atomic mass is 16.4. The van der Waals surface area contributed by atoms with Gasteiger partial charge in [0.2, 0.25) is 0 Å². The van der Waals surface area contributed by atoms with Crippen molar-refractivity contribution in [3.05, 3.63) is 0 Å². The summed E-state index contributed by atoms with van der Waals surface area (Å²) in [7, 11) is 0. The second-order valence-corrected chi connectivity index (χ2v) is 2.77. The maximum absolute atomic E-state index is 10.1. The van der Waals surface area contributed by atoms with Crippen LogP contribution in [0.5, 0.6) is 0 Å². The molecule has 0 radical (unpaired) electrons. The molecule has 0 aliphatic carbocycles. The molecule has 0 fully saturated rings. The van der Waals surface area contributed by atoms with Crippen LogP contribution in [0.3, 0.4) is 0 Å². The average Bonchev–Trinajstić information content (AvgIpc) is 1.82. The van der Waals surface area contributed by atoms with E-state index >= 15 is 0 Å². The SMILES string of the molecule is CC(N)C(C)CCC(=O)O. The number of carboxylic acid groups (broad SMARTS) is 1. The van der Waals surface area contributed by atoms with Gasteiger partial charge >= 0.3 is 5.97 Å². The lowest BCUT2D eigenvalue weighted by Crippen LogP contribution is -2.24. The highest BCUT2D eigenvalue weighted by molar-refractivity contribution is 5.66. The third kappa shape index (κ3) is 4.32. The Balaban J connectivity index is 3.39. The molecule has 0 heterocycles. The molecular formula is C7H15NO2. The third-order valence-electron chi connectivity index (χ3n) is 1.71. The van der Waals surface area contributed by atoms with Crippen LogP contribution in [0.25, 0.3) is 0 Å². The summed E-state index contributed by atoms with van der Waals surface area (Å²) in [6.07, 6.45) is 0.899. The Morgan fingerprint density at radius 3 is 2.40 bits per heavy atom. The van der Waals surface area contributed by atoms with Crippen molar-refractivity contribution in [2.75, 3.05) is 0 Å². The number of hydrogen-bond donors (Lipinski definition) is 2. The molecule has 0 aliphatic rings. The first kappa shape index (κ1) is 9.43. The van der Waals surface area contributed by atoms with Gasteiger partial charge in [-0.1, -0.05) is 6.92 Å². The third-order valence-corrected chi connectivity index (χ3v) is 1.71. The quantitative estimate of drug-likeness (QED) is 0.616. The Kier molecular flexibility index (Phi) is 4.03. The van der Waals surface area contributed by atoms with Gasteiger partial charge in [0.05, 0.1) is 0 Å². The van der Waals surface area contributed by atoms with E-state index in [4.69, 9.17) is 10.8 Å². The van der Waals surface area contributed by atoms with Gasteiger partial charge in [-0.05, 0) is 19.3 Å². The fourth-order valence-electron chi connectivity index (χ4n) is 0.614. The van der Waals surface area contributed by atoms with Crippen molar-refractivity contribution in [2.24, 2.45) is 11.7 Å². The van der Waals surface area contributed by atoms with Crippen LogP contribution >= 0.6 is 0 Å². The lowest BCUT2D eigenvalue weighted by atomic mass is 9.99. The Morgan fingerprint density at radius 1 is 1.60 bits per heavy atom. The highest BCUT2D eigenvalue weighted by Crippen LogP contribution is 2.07. The normalized spacial score (nSPS) is 16.3. The van der Waals surface area contributed by atoms with Crippen molar-refractivity contribution in [3.63, 3.8) is 0 Å². The van der Waals surface area contributed by atoms with Gasteiger partial charge in [-0.3, -0.25) is 4.79 Å². The van der Waals surface area contributed by atoms with Crippen LogP contribution in [-0.4, -0.2) is 17.1 Å². The van der Waals surface area contributed by atoms with E-state index < -0.39 is 5.97 Å². The lowest BCUT2D eigenvalue weighted by molar-refractivity contribution is -0.137. The predicted molar refractivity (Wildman–Crippen MR) is 39.7 cm³/mol. The Morgan fingerprint density at radius 2 is 2.10 bits per heavy atom. The molecule has 60 valence electrons. The molecular weight excluding hydrogens is 130 g/mol. The van der Waals surface area contributed by atoms with Crippen LogP contribution < -0.4 is 5.73 Å². The summed E-state index contributed by atoms with van der Waals surface area (Å²) in [4.78, 5) is 10.1. The van der Waals surface area contributed by atoms with Crippen LogP contribution in [0.15, 0.2) is 0 Å². The van der Waals surface area contributed by atoms with Crippen molar-refractivity contribution in [2.45, 2.75) is 32.7 Å². The zero-order chi connectivity index (χ0) is 8.15. The largest absolute Gasteiger partial charge is 0.481 e. The Hall–Kier alpha value is -0.570. The van der Waals surface area contributed by atoms with Gasteiger partial charge in [0, 0.05) is 12.5 Å². The van der Waals surface area contributed by atoms with E-state index in [0.717, 1.165) is 0 Å². The summed E-state index contributed by atoms with van der Waals surface area (Å²) in [6.45, 7) is 3.86. The van der Waals surface area contributed by atoms with Crippen LogP contribution in [0.2, 0.25) is 0 Å². The first-order valence-corrected chi connectivity index (χ1v) is 3.51. The summed E-state index contributed by atoms with van der Waals surface area (Å²) in [5.74, 6) is -0.441. The van der Waals surface area contributed by atoms with Gasteiger partial charge in [0.1, 0.15) is 0 Å². The molecule has 3 heteroatoms. The average molecular weight is 145 g/mol. The van der Waals surface area contributed by atoms with Gasteiger partial charge in [-0.15, -0.1) is 0 Å². The molecule has 2 unspecified atom stereocenters. The summed E-state index contributed by atoms with van der Waals surface area (Å²) in [6, 6.07) is 0.0966. The van der Waals surface area contributed by atoms with E-state index in [1.54, 1.807) is 0 Å². The molecule has 10 heavy (non-hydrogen) atoms. The van der Waals surface area contributed by atoms with Crippen LogP contribution in [-0.2, 0) is 4.79 Å². The predicted octanol–water partition coefficient (Wildman–Crippen LogP) is 0.835. The number of rotatable bonds is 4. The van der Waals surface area contributed by atoms with Gasteiger partial charge in [0.25, 0.3) is 0 Å². The van der Waals surface area contributed by atoms with E-state index in [9.17, 15) is 4.79 Å². The van der Waals surface area contributed by atoms with Crippen molar-refractivity contribution in [1.29, 1.82) is 0 Å². The first-order chi connectivity index (χ1) is 4.54. The molecule has 0 saturated carbocycles. The fourth-order valence-corrected chi connectivity index (χ4v) is 0.614. The van der Waals surface area contributed by atoms with E-state index in [-0.39, 0.29) is 12.5 Å². The van der Waals surface area contributed by atoms with E-state index in [0.29, 0.717) is 12.3 Å². The summed E-state index contributed by atoms with van der Waals surface area (Å²) in [5, 5.41) is 8.30. The number of carboxylic acids is 1. The maximum Gasteiger partial charge on any atom is 0.303 e. The minimum absolute atomic E-state index is 0.0966.